The molecule has 1 unspecified atom stereocenters. The number of anilines is 1. The van der Waals surface area contributed by atoms with Crippen LogP contribution in [0.5, 0.6) is 0 Å². The Balaban J connectivity index is 2.04. The molecule has 1 aromatic rings. The van der Waals surface area contributed by atoms with Crippen molar-refractivity contribution in [2.45, 2.75) is 19.8 Å². The van der Waals surface area contributed by atoms with Gasteiger partial charge in [-0.2, -0.15) is 4.37 Å². The molecule has 1 atom stereocenters. The van der Waals surface area contributed by atoms with E-state index in [0.717, 1.165) is 31.1 Å². The molecule has 0 aromatic carbocycles. The van der Waals surface area contributed by atoms with Gasteiger partial charge in [-0.3, -0.25) is 4.79 Å². The summed E-state index contributed by atoms with van der Waals surface area (Å²) in [7, 11) is 0. The molecule has 1 aliphatic rings. The Morgan fingerprint density at radius 1 is 1.71 bits per heavy atom. The molecule has 5 heteroatoms. The molecule has 14 heavy (non-hydrogen) atoms. The van der Waals surface area contributed by atoms with Crippen molar-refractivity contribution in [3.8, 4) is 0 Å². The second-order valence-electron chi connectivity index (χ2n) is 3.62. The van der Waals surface area contributed by atoms with E-state index in [2.05, 4.69) is 14.3 Å². The molecule has 0 amide bonds. The third kappa shape index (κ3) is 1.92. The first-order valence-corrected chi connectivity index (χ1v) is 5.57. The lowest BCUT2D eigenvalue weighted by atomic mass is 9.95. The van der Waals surface area contributed by atoms with Crippen molar-refractivity contribution >= 4 is 22.4 Å². The van der Waals surface area contributed by atoms with Gasteiger partial charge in [0.25, 0.3) is 0 Å². The molecule has 2 heterocycles. The summed E-state index contributed by atoms with van der Waals surface area (Å²) in [4.78, 5) is 17.6. The van der Waals surface area contributed by atoms with Crippen molar-refractivity contribution in [3.63, 3.8) is 0 Å². The van der Waals surface area contributed by atoms with Crippen LogP contribution >= 0.6 is 11.5 Å². The van der Waals surface area contributed by atoms with Gasteiger partial charge in [0.2, 0.25) is 5.13 Å². The van der Waals surface area contributed by atoms with Crippen molar-refractivity contribution in [1.29, 1.82) is 0 Å². The Bertz CT molecular complexity index is 312. The summed E-state index contributed by atoms with van der Waals surface area (Å²) in [6.07, 6.45) is 3.66. The number of ketones is 1. The smallest absolute Gasteiger partial charge is 0.204 e. The van der Waals surface area contributed by atoms with Crippen LogP contribution in [-0.2, 0) is 4.79 Å². The topological polar surface area (TPSA) is 46.1 Å². The predicted molar refractivity (Wildman–Crippen MR) is 55.5 cm³/mol. The van der Waals surface area contributed by atoms with Crippen molar-refractivity contribution in [2.75, 3.05) is 18.0 Å². The van der Waals surface area contributed by atoms with Crippen LogP contribution < -0.4 is 4.90 Å². The largest absolute Gasteiger partial charge is 0.346 e. The lowest BCUT2D eigenvalue weighted by Gasteiger charge is -2.30. The Labute approximate surface area is 87.1 Å². The molecule has 0 radical (unpaired) electrons. The van der Waals surface area contributed by atoms with Crippen molar-refractivity contribution < 1.29 is 4.79 Å². The highest BCUT2D eigenvalue weighted by molar-refractivity contribution is 7.09. The summed E-state index contributed by atoms with van der Waals surface area (Å²) < 4.78 is 3.97. The zero-order valence-electron chi connectivity index (χ0n) is 8.14. The summed E-state index contributed by atoms with van der Waals surface area (Å²) in [6, 6.07) is 0. The summed E-state index contributed by atoms with van der Waals surface area (Å²) in [6.45, 7) is 3.48. The Hall–Kier alpha value is -0.970. The van der Waals surface area contributed by atoms with Crippen LogP contribution in [0.25, 0.3) is 0 Å². The highest BCUT2D eigenvalue weighted by Crippen LogP contribution is 2.23. The highest BCUT2D eigenvalue weighted by Gasteiger charge is 2.24. The summed E-state index contributed by atoms with van der Waals surface area (Å²) in [5.41, 5.74) is 0. The summed E-state index contributed by atoms with van der Waals surface area (Å²) >= 11 is 1.40. The SMILES string of the molecule is CC(=O)C1CCCN(c2ncns2)C1. The number of hydrogen-bond donors (Lipinski definition) is 0. The molecule has 0 spiro atoms. The van der Waals surface area contributed by atoms with Crippen LogP contribution in [-0.4, -0.2) is 28.2 Å². The van der Waals surface area contributed by atoms with E-state index in [1.807, 2.05) is 0 Å². The molecule has 0 bridgehead atoms. The molecule has 0 saturated carbocycles. The monoisotopic (exact) mass is 211 g/mol. The van der Waals surface area contributed by atoms with E-state index in [1.165, 1.54) is 11.5 Å². The van der Waals surface area contributed by atoms with Gasteiger partial charge < -0.3 is 4.90 Å². The molecule has 0 aliphatic carbocycles. The van der Waals surface area contributed by atoms with Gasteiger partial charge in [-0.05, 0) is 19.8 Å². The predicted octanol–water partition coefficient (Wildman–Crippen LogP) is 1.34. The number of rotatable bonds is 2. The second-order valence-corrected chi connectivity index (χ2v) is 4.38. The normalized spacial score (nSPS) is 22.4. The van der Waals surface area contributed by atoms with Gasteiger partial charge >= 0.3 is 0 Å². The maximum atomic E-state index is 11.3. The standard InChI is InChI=1S/C9H13N3OS/c1-7(13)8-3-2-4-12(5-8)9-10-6-11-14-9/h6,8H,2-5H2,1H3. The van der Waals surface area contributed by atoms with Gasteiger partial charge in [0.05, 0.1) is 0 Å². The average molecular weight is 211 g/mol. The number of hydrogen-bond acceptors (Lipinski definition) is 5. The highest BCUT2D eigenvalue weighted by atomic mass is 32.1. The van der Waals surface area contributed by atoms with Crippen LogP contribution in [0.2, 0.25) is 0 Å². The minimum Gasteiger partial charge on any atom is -0.346 e. The van der Waals surface area contributed by atoms with Crippen molar-refractivity contribution in [1.82, 2.24) is 9.36 Å². The molecule has 1 aliphatic heterocycles. The van der Waals surface area contributed by atoms with Crippen LogP contribution in [0.15, 0.2) is 6.33 Å². The molecule has 0 N–H and O–H groups in total. The van der Waals surface area contributed by atoms with Gasteiger partial charge in [0.1, 0.15) is 12.1 Å². The number of carbonyl (C=O) groups is 1. The van der Waals surface area contributed by atoms with Gasteiger partial charge in [0, 0.05) is 30.5 Å². The van der Waals surface area contributed by atoms with Gasteiger partial charge in [-0.25, -0.2) is 4.98 Å². The zero-order chi connectivity index (χ0) is 9.97. The number of Topliss-reactive ketones (excluding diaryl/α,β-unsaturated/α-hetero) is 1. The Kier molecular flexibility index (Phi) is 2.77. The summed E-state index contributed by atoms with van der Waals surface area (Å²) in [5.74, 6) is 0.479. The van der Waals surface area contributed by atoms with E-state index in [0.29, 0.717) is 5.78 Å². The van der Waals surface area contributed by atoms with Crippen molar-refractivity contribution in [2.24, 2.45) is 5.92 Å². The fourth-order valence-electron chi connectivity index (χ4n) is 1.79. The van der Waals surface area contributed by atoms with E-state index in [9.17, 15) is 4.79 Å². The quantitative estimate of drug-likeness (QED) is 0.740. The molecular formula is C9H13N3OS. The fourth-order valence-corrected chi connectivity index (χ4v) is 2.35. The third-order valence-electron chi connectivity index (χ3n) is 2.62. The first-order chi connectivity index (χ1) is 6.77. The lowest BCUT2D eigenvalue weighted by Crippen LogP contribution is -2.37. The molecule has 2 rings (SSSR count). The number of aromatic nitrogens is 2. The maximum absolute atomic E-state index is 11.3. The van der Waals surface area contributed by atoms with Crippen LogP contribution in [0.3, 0.4) is 0 Å². The van der Waals surface area contributed by atoms with Crippen LogP contribution in [0, 0.1) is 5.92 Å². The first-order valence-electron chi connectivity index (χ1n) is 4.79. The second kappa shape index (κ2) is 4.04. The van der Waals surface area contributed by atoms with Crippen LogP contribution in [0.1, 0.15) is 19.8 Å². The molecule has 1 fully saturated rings. The molecule has 76 valence electrons. The van der Waals surface area contributed by atoms with E-state index in [-0.39, 0.29) is 5.92 Å². The van der Waals surface area contributed by atoms with Gasteiger partial charge in [0.15, 0.2) is 0 Å². The molecule has 4 nitrogen and oxygen atoms in total. The summed E-state index contributed by atoms with van der Waals surface area (Å²) in [5, 5.41) is 0.941. The van der Waals surface area contributed by atoms with Gasteiger partial charge in [-0.15, -0.1) is 0 Å². The minimum absolute atomic E-state index is 0.188. The zero-order valence-corrected chi connectivity index (χ0v) is 8.96. The average Bonchev–Trinajstić information content (AvgIpc) is 2.71. The number of carbonyl (C=O) groups excluding carboxylic acids is 1. The molecule has 1 aromatic heterocycles. The van der Waals surface area contributed by atoms with Crippen LogP contribution in [0.4, 0.5) is 5.13 Å². The number of nitrogens with zero attached hydrogens (tertiary/aromatic N) is 3. The Morgan fingerprint density at radius 2 is 2.57 bits per heavy atom. The maximum Gasteiger partial charge on any atom is 0.204 e. The molecular weight excluding hydrogens is 198 g/mol. The lowest BCUT2D eigenvalue weighted by molar-refractivity contribution is -0.120. The van der Waals surface area contributed by atoms with E-state index in [4.69, 9.17) is 0 Å². The van der Waals surface area contributed by atoms with Gasteiger partial charge in [-0.1, -0.05) is 0 Å². The first kappa shape index (κ1) is 9.58. The third-order valence-corrected chi connectivity index (χ3v) is 3.34. The molecule has 1 saturated heterocycles. The number of piperidine rings is 1. The van der Waals surface area contributed by atoms with E-state index < -0.39 is 0 Å². The fraction of sp³-hybridized carbons (Fsp3) is 0.667. The Morgan fingerprint density at radius 3 is 3.21 bits per heavy atom. The van der Waals surface area contributed by atoms with E-state index in [1.54, 1.807) is 13.3 Å². The minimum atomic E-state index is 0.188. The van der Waals surface area contributed by atoms with Crippen molar-refractivity contribution in [3.05, 3.63) is 6.33 Å². The van der Waals surface area contributed by atoms with E-state index >= 15 is 0 Å².